The van der Waals surface area contributed by atoms with E-state index in [9.17, 15) is 23.6 Å². The van der Waals surface area contributed by atoms with Crippen molar-refractivity contribution in [3.8, 4) is 6.07 Å². The maximum atomic E-state index is 13.5. The van der Waals surface area contributed by atoms with E-state index in [0.717, 1.165) is 15.9 Å². The number of hydrogen-bond acceptors (Lipinski definition) is 6. The smallest absolute Gasteiger partial charge is 0.338 e. The Kier molecular flexibility index (Phi) is 5.94. The monoisotopic (exact) mass is 465 g/mol. The summed E-state index contributed by atoms with van der Waals surface area (Å²) in [5, 5.41) is 9.88. The Morgan fingerprint density at radius 1 is 1.18 bits per heavy atom. The molecule has 6 nitrogen and oxygen atoms in total. The van der Waals surface area contributed by atoms with Gasteiger partial charge in [0, 0.05) is 0 Å². The number of carbonyl (C=O) groups is 1. The van der Waals surface area contributed by atoms with Crippen molar-refractivity contribution in [2.75, 3.05) is 6.61 Å². The van der Waals surface area contributed by atoms with Gasteiger partial charge in [0.2, 0.25) is 0 Å². The fourth-order valence-corrected chi connectivity index (χ4v) is 4.82. The number of allylic oxidation sites excluding steroid dienone is 1. The Morgan fingerprint density at radius 2 is 1.79 bits per heavy atom. The molecule has 2 aromatic carbocycles. The van der Waals surface area contributed by atoms with Gasteiger partial charge in [-0.05, 0) is 48.4 Å². The van der Waals surface area contributed by atoms with Gasteiger partial charge in [-0.2, -0.15) is 5.26 Å². The molecule has 1 aliphatic rings. The van der Waals surface area contributed by atoms with Gasteiger partial charge in [-0.15, -0.1) is 11.3 Å². The van der Waals surface area contributed by atoms with Crippen molar-refractivity contribution in [2.45, 2.75) is 12.8 Å². The van der Waals surface area contributed by atoms with Crippen LogP contribution in [-0.4, -0.2) is 17.1 Å². The Morgan fingerprint density at radius 3 is 2.36 bits per heavy atom. The minimum atomic E-state index is -0.939. The van der Waals surface area contributed by atoms with Crippen LogP contribution in [0.4, 0.5) is 8.78 Å². The number of hydrogen-bond donors (Lipinski definition) is 1. The van der Waals surface area contributed by atoms with E-state index >= 15 is 0 Å². The van der Waals surface area contributed by atoms with Gasteiger partial charge in [0.1, 0.15) is 22.1 Å². The van der Waals surface area contributed by atoms with Gasteiger partial charge in [0.15, 0.2) is 0 Å². The molecule has 0 amide bonds. The van der Waals surface area contributed by atoms with Crippen molar-refractivity contribution in [1.82, 2.24) is 4.57 Å². The van der Waals surface area contributed by atoms with Gasteiger partial charge in [-0.25, -0.2) is 13.6 Å². The number of thiazole rings is 1. The molecular formula is C24H17F2N3O3S. The van der Waals surface area contributed by atoms with Crippen LogP contribution in [0.5, 0.6) is 0 Å². The van der Waals surface area contributed by atoms with Crippen LogP contribution in [0.1, 0.15) is 24.0 Å². The molecule has 1 aromatic heterocycles. The van der Waals surface area contributed by atoms with Gasteiger partial charge in [-0.3, -0.25) is 9.36 Å². The van der Waals surface area contributed by atoms with Crippen LogP contribution in [-0.2, 0) is 9.53 Å². The third-order valence-corrected chi connectivity index (χ3v) is 6.24. The second kappa shape index (κ2) is 8.84. The summed E-state index contributed by atoms with van der Waals surface area (Å²) in [5.41, 5.74) is 6.79. The quantitative estimate of drug-likeness (QED) is 0.596. The average molecular weight is 465 g/mol. The molecule has 33 heavy (non-hydrogen) atoms. The van der Waals surface area contributed by atoms with E-state index in [2.05, 4.69) is 0 Å². The lowest BCUT2D eigenvalue weighted by atomic mass is 9.84. The van der Waals surface area contributed by atoms with E-state index in [0.29, 0.717) is 11.1 Å². The number of esters is 1. The lowest BCUT2D eigenvalue weighted by Gasteiger charge is -2.24. The summed E-state index contributed by atoms with van der Waals surface area (Å²) in [5.74, 6) is -2.66. The first-order valence-corrected chi connectivity index (χ1v) is 10.7. The molecule has 0 aliphatic carbocycles. The van der Waals surface area contributed by atoms with Crippen LogP contribution >= 0.6 is 11.3 Å². The first kappa shape index (κ1) is 22.2. The molecule has 9 heteroatoms. The molecule has 2 N–H and O–H groups in total. The molecule has 0 bridgehead atoms. The highest BCUT2D eigenvalue weighted by atomic mass is 32.1. The van der Waals surface area contributed by atoms with Gasteiger partial charge >= 0.3 is 5.97 Å². The molecular weight excluding hydrogens is 448 g/mol. The fraction of sp³-hybridized carbons (Fsp3) is 0.125. The molecule has 0 radical (unpaired) electrons. The maximum absolute atomic E-state index is 13.5. The second-order valence-electron chi connectivity index (χ2n) is 7.14. The maximum Gasteiger partial charge on any atom is 0.338 e. The summed E-state index contributed by atoms with van der Waals surface area (Å²) in [7, 11) is 0. The molecule has 4 rings (SSSR count). The number of carbonyl (C=O) groups excluding carboxylic acids is 1. The average Bonchev–Trinajstić information content (AvgIpc) is 3.11. The molecule has 0 spiro atoms. The normalized spacial score (nSPS) is 15.9. The number of nitrogens with two attached hydrogens (primary N) is 1. The zero-order valence-electron chi connectivity index (χ0n) is 17.3. The van der Waals surface area contributed by atoms with Crippen molar-refractivity contribution >= 4 is 34.8 Å². The van der Waals surface area contributed by atoms with Crippen molar-refractivity contribution in [1.29, 1.82) is 5.26 Å². The number of rotatable bonds is 4. The predicted molar refractivity (Wildman–Crippen MR) is 120 cm³/mol. The van der Waals surface area contributed by atoms with E-state index in [4.69, 9.17) is 10.5 Å². The van der Waals surface area contributed by atoms with E-state index in [1.165, 1.54) is 48.5 Å². The Hall–Kier alpha value is -4.03. The molecule has 1 atom stereocenters. The van der Waals surface area contributed by atoms with E-state index in [1.54, 1.807) is 13.0 Å². The Bertz CT molecular complexity index is 1490. The third kappa shape index (κ3) is 3.97. The SMILES string of the molecule is CCOC(=O)C1=c2s/c(=C\c3ccc(F)cc3)c(=O)n2C(N)=C(C#N)C1c1ccc(F)cc1. The summed E-state index contributed by atoms with van der Waals surface area (Å²) in [6.07, 6.45) is 1.55. The molecule has 3 aromatic rings. The van der Waals surface area contributed by atoms with Crippen molar-refractivity contribution in [3.05, 3.63) is 96.4 Å². The zero-order valence-corrected chi connectivity index (χ0v) is 18.2. The highest BCUT2D eigenvalue weighted by Gasteiger charge is 2.36. The number of benzene rings is 2. The lowest BCUT2D eigenvalue weighted by molar-refractivity contribution is -0.136. The van der Waals surface area contributed by atoms with E-state index < -0.39 is 29.1 Å². The van der Waals surface area contributed by atoms with Crippen LogP contribution in [0.2, 0.25) is 0 Å². The molecule has 0 saturated heterocycles. The number of aromatic nitrogens is 1. The largest absolute Gasteiger partial charge is 0.463 e. The topological polar surface area (TPSA) is 98.1 Å². The van der Waals surface area contributed by atoms with E-state index in [1.807, 2.05) is 6.07 Å². The minimum Gasteiger partial charge on any atom is -0.463 e. The number of ether oxygens (including phenoxy) is 1. The first-order valence-electron chi connectivity index (χ1n) is 9.91. The summed E-state index contributed by atoms with van der Waals surface area (Å²) < 4.78 is 33.6. The highest BCUT2D eigenvalue weighted by Crippen LogP contribution is 2.36. The number of halogens is 2. The Balaban J connectivity index is 2.08. The number of fused-ring (bicyclic) bond motifs is 1. The summed E-state index contributed by atoms with van der Waals surface area (Å²) in [4.78, 5) is 26.2. The van der Waals surface area contributed by atoms with Gasteiger partial charge in [0.05, 0.1) is 34.3 Å². The zero-order chi connectivity index (χ0) is 23.7. The van der Waals surface area contributed by atoms with Gasteiger partial charge in [0.25, 0.3) is 5.56 Å². The van der Waals surface area contributed by atoms with Crippen LogP contribution in [0.3, 0.4) is 0 Å². The van der Waals surface area contributed by atoms with Crippen LogP contribution in [0.25, 0.3) is 17.5 Å². The summed E-state index contributed by atoms with van der Waals surface area (Å²) in [6.45, 7) is 1.71. The molecule has 0 fully saturated rings. The second-order valence-corrected chi connectivity index (χ2v) is 8.17. The van der Waals surface area contributed by atoms with Crippen LogP contribution < -0.4 is 20.5 Å². The predicted octanol–water partition coefficient (Wildman–Crippen LogP) is 2.18. The van der Waals surface area contributed by atoms with Gasteiger partial charge in [-0.1, -0.05) is 24.3 Å². The Labute approximate surface area is 190 Å². The first-order chi connectivity index (χ1) is 15.8. The number of nitrogens with zero attached hydrogens (tertiary/aromatic N) is 2. The standard InChI is InChI=1S/C24H17F2N3O3S/c1-2-32-24(31)20-19(14-5-9-16(26)10-6-14)17(12-27)21(28)29-22(30)18(33-23(20)29)11-13-3-7-15(25)8-4-13/h3-11,19H,2,28H2,1H3/b18-11-. The minimum absolute atomic E-state index is 0.0228. The van der Waals surface area contributed by atoms with Crippen LogP contribution in [0.15, 0.2) is 58.9 Å². The summed E-state index contributed by atoms with van der Waals surface area (Å²) in [6, 6.07) is 12.9. The molecule has 2 heterocycles. The van der Waals surface area contributed by atoms with E-state index in [-0.39, 0.29) is 32.8 Å². The highest BCUT2D eigenvalue weighted by molar-refractivity contribution is 7.07. The van der Waals surface area contributed by atoms with Crippen molar-refractivity contribution < 1.29 is 18.3 Å². The molecule has 166 valence electrons. The van der Waals surface area contributed by atoms with Crippen molar-refractivity contribution in [2.24, 2.45) is 5.73 Å². The third-order valence-electron chi connectivity index (χ3n) is 5.14. The summed E-state index contributed by atoms with van der Waals surface area (Å²) >= 11 is 1.01. The fourth-order valence-electron chi connectivity index (χ4n) is 3.65. The molecule has 1 unspecified atom stereocenters. The number of nitriles is 1. The van der Waals surface area contributed by atoms with Crippen LogP contribution in [0, 0.1) is 23.0 Å². The van der Waals surface area contributed by atoms with Crippen molar-refractivity contribution in [3.63, 3.8) is 0 Å². The lowest BCUT2D eigenvalue weighted by Crippen LogP contribution is -2.40. The van der Waals surface area contributed by atoms with Gasteiger partial charge < -0.3 is 10.5 Å². The molecule has 0 saturated carbocycles. The molecule has 1 aliphatic heterocycles.